The van der Waals surface area contributed by atoms with Gasteiger partial charge in [-0.3, -0.25) is 0 Å². The van der Waals surface area contributed by atoms with E-state index in [0.717, 1.165) is 28.9 Å². The summed E-state index contributed by atoms with van der Waals surface area (Å²) in [5, 5.41) is 3.68. The molecule has 1 saturated carbocycles. The van der Waals surface area contributed by atoms with Crippen molar-refractivity contribution in [3.8, 4) is 11.5 Å². The molecule has 3 nitrogen and oxygen atoms in total. The molecule has 0 bridgehead atoms. The largest absolute Gasteiger partial charge is 0.490 e. The van der Waals surface area contributed by atoms with E-state index in [4.69, 9.17) is 9.47 Å². The summed E-state index contributed by atoms with van der Waals surface area (Å²) < 4.78 is 12.6. The maximum Gasteiger partial charge on any atom is 0.162 e. The molecule has 1 N–H and O–H groups in total. The predicted molar refractivity (Wildman–Crippen MR) is 94.8 cm³/mol. The van der Waals surface area contributed by atoms with Crippen LogP contribution in [-0.4, -0.2) is 19.3 Å². The van der Waals surface area contributed by atoms with Gasteiger partial charge in [0.25, 0.3) is 0 Å². The Bertz CT molecular complexity index is 459. The number of hydrogen-bond acceptors (Lipinski definition) is 3. The Morgan fingerprint density at radius 2 is 1.82 bits per heavy atom. The lowest BCUT2D eigenvalue weighted by atomic mass is 9.95. The molecule has 22 heavy (non-hydrogen) atoms. The van der Waals surface area contributed by atoms with Crippen LogP contribution in [0.1, 0.15) is 57.9 Å². The molecule has 0 aliphatic heterocycles. The van der Waals surface area contributed by atoms with E-state index < -0.39 is 0 Å². The molecule has 0 radical (unpaired) electrons. The zero-order chi connectivity index (χ0) is 15.8. The van der Waals surface area contributed by atoms with Crippen LogP contribution in [-0.2, 0) is 6.54 Å². The quantitative estimate of drug-likeness (QED) is 0.694. The second kappa shape index (κ2) is 9.41. The van der Waals surface area contributed by atoms with Crippen molar-refractivity contribution in [2.45, 2.75) is 65.0 Å². The summed E-state index contributed by atoms with van der Waals surface area (Å²) in [5.74, 6) is 1.68. The third-order valence-electron chi connectivity index (χ3n) is 4.06. The van der Waals surface area contributed by atoms with Crippen LogP contribution in [0.4, 0.5) is 0 Å². The molecule has 0 atom stereocenters. The Labute approximate surface area is 142 Å². The number of hydrogen-bond donors (Lipinski definition) is 1. The lowest BCUT2D eigenvalue weighted by Gasteiger charge is -2.23. The van der Waals surface area contributed by atoms with Crippen LogP contribution in [0.25, 0.3) is 0 Å². The van der Waals surface area contributed by atoms with Crippen molar-refractivity contribution in [3.63, 3.8) is 0 Å². The summed E-state index contributed by atoms with van der Waals surface area (Å²) >= 11 is 3.67. The van der Waals surface area contributed by atoms with Gasteiger partial charge in [-0.15, -0.1) is 0 Å². The van der Waals surface area contributed by atoms with Gasteiger partial charge in [0.05, 0.1) is 13.2 Å². The van der Waals surface area contributed by atoms with Crippen molar-refractivity contribution in [2.75, 3.05) is 13.2 Å². The first kappa shape index (κ1) is 17.6. The van der Waals surface area contributed by atoms with Gasteiger partial charge in [-0.05, 0) is 43.9 Å². The second-order valence-electron chi connectivity index (χ2n) is 5.89. The molecule has 1 aliphatic rings. The fourth-order valence-electron chi connectivity index (χ4n) is 2.87. The Balaban J connectivity index is 2.04. The highest BCUT2D eigenvalue weighted by molar-refractivity contribution is 9.10. The minimum atomic E-state index is 0.652. The third-order valence-corrected chi connectivity index (χ3v) is 4.80. The summed E-state index contributed by atoms with van der Waals surface area (Å²) in [7, 11) is 0. The van der Waals surface area contributed by atoms with Crippen LogP contribution in [0.15, 0.2) is 16.6 Å². The van der Waals surface area contributed by atoms with Gasteiger partial charge in [0.2, 0.25) is 0 Å². The van der Waals surface area contributed by atoms with Gasteiger partial charge in [-0.1, -0.05) is 42.1 Å². The maximum atomic E-state index is 5.79. The predicted octanol–water partition coefficient (Wildman–Crippen LogP) is 5.06. The molecule has 1 aromatic carbocycles. The van der Waals surface area contributed by atoms with E-state index in [2.05, 4.69) is 34.2 Å². The smallest absolute Gasteiger partial charge is 0.162 e. The van der Waals surface area contributed by atoms with Crippen LogP contribution in [0.5, 0.6) is 11.5 Å². The van der Waals surface area contributed by atoms with Crippen molar-refractivity contribution >= 4 is 15.9 Å². The fraction of sp³-hybridized carbons (Fsp3) is 0.667. The lowest BCUT2D eigenvalue weighted by molar-refractivity contribution is 0.276. The zero-order valence-electron chi connectivity index (χ0n) is 13.8. The van der Waals surface area contributed by atoms with Gasteiger partial charge >= 0.3 is 0 Å². The lowest BCUT2D eigenvalue weighted by Crippen LogP contribution is -2.30. The van der Waals surface area contributed by atoms with Gasteiger partial charge in [0, 0.05) is 17.1 Å². The normalized spacial score (nSPS) is 15.8. The monoisotopic (exact) mass is 369 g/mol. The molecule has 0 saturated heterocycles. The topological polar surface area (TPSA) is 30.5 Å². The number of ether oxygens (including phenoxy) is 2. The first-order valence-electron chi connectivity index (χ1n) is 8.56. The van der Waals surface area contributed by atoms with Crippen molar-refractivity contribution in [2.24, 2.45) is 0 Å². The molecular weight excluding hydrogens is 342 g/mol. The molecule has 4 heteroatoms. The standard InChI is InChI=1S/C18H28BrNO2/c1-3-10-22-18-12-16(19)14(11-17(18)21-4-2)13-20-15-8-6-5-7-9-15/h11-12,15,20H,3-10,13H2,1-2H3. The Kier molecular flexibility index (Phi) is 7.53. The molecule has 0 unspecified atom stereocenters. The second-order valence-corrected chi connectivity index (χ2v) is 6.74. The fourth-order valence-corrected chi connectivity index (χ4v) is 3.33. The van der Waals surface area contributed by atoms with Crippen molar-refractivity contribution < 1.29 is 9.47 Å². The summed E-state index contributed by atoms with van der Waals surface area (Å²) in [5.41, 5.74) is 1.23. The van der Waals surface area contributed by atoms with E-state index >= 15 is 0 Å². The zero-order valence-corrected chi connectivity index (χ0v) is 15.4. The van der Waals surface area contributed by atoms with Crippen LogP contribution in [0, 0.1) is 0 Å². The molecular formula is C18H28BrNO2. The number of benzene rings is 1. The van der Waals surface area contributed by atoms with E-state index in [1.54, 1.807) is 0 Å². The van der Waals surface area contributed by atoms with Crippen LogP contribution < -0.4 is 14.8 Å². The van der Waals surface area contributed by atoms with Crippen LogP contribution in [0.3, 0.4) is 0 Å². The SMILES string of the molecule is CCCOc1cc(Br)c(CNC2CCCCC2)cc1OCC. The molecule has 0 amide bonds. The van der Waals surface area contributed by atoms with Gasteiger partial charge < -0.3 is 14.8 Å². The molecule has 0 spiro atoms. The molecule has 1 fully saturated rings. The first-order valence-corrected chi connectivity index (χ1v) is 9.35. The highest BCUT2D eigenvalue weighted by atomic mass is 79.9. The average Bonchev–Trinajstić information content (AvgIpc) is 2.54. The van der Waals surface area contributed by atoms with E-state index in [9.17, 15) is 0 Å². The van der Waals surface area contributed by atoms with Gasteiger partial charge in [0.1, 0.15) is 0 Å². The average molecular weight is 370 g/mol. The van der Waals surface area contributed by atoms with E-state index in [-0.39, 0.29) is 0 Å². The highest BCUT2D eigenvalue weighted by Gasteiger charge is 2.15. The molecule has 0 heterocycles. The number of rotatable bonds is 8. The molecule has 124 valence electrons. The Morgan fingerprint density at radius 3 is 2.50 bits per heavy atom. The number of halogens is 1. The molecule has 2 rings (SSSR count). The minimum Gasteiger partial charge on any atom is -0.490 e. The third kappa shape index (κ3) is 5.17. The van der Waals surface area contributed by atoms with E-state index in [1.807, 2.05) is 13.0 Å². The van der Waals surface area contributed by atoms with Crippen molar-refractivity contribution in [1.82, 2.24) is 5.32 Å². The van der Waals surface area contributed by atoms with Crippen LogP contribution in [0.2, 0.25) is 0 Å². The summed E-state index contributed by atoms with van der Waals surface area (Å²) in [6.45, 7) is 6.36. The van der Waals surface area contributed by atoms with Crippen molar-refractivity contribution in [3.05, 3.63) is 22.2 Å². The van der Waals surface area contributed by atoms with E-state index in [1.165, 1.54) is 37.7 Å². The highest BCUT2D eigenvalue weighted by Crippen LogP contribution is 2.34. The minimum absolute atomic E-state index is 0.652. The Hall–Kier alpha value is -0.740. The summed E-state index contributed by atoms with van der Waals surface area (Å²) in [6.07, 6.45) is 7.69. The molecule has 1 aliphatic carbocycles. The summed E-state index contributed by atoms with van der Waals surface area (Å²) in [6, 6.07) is 4.81. The van der Waals surface area contributed by atoms with Gasteiger partial charge in [0.15, 0.2) is 11.5 Å². The van der Waals surface area contributed by atoms with E-state index in [0.29, 0.717) is 19.3 Å². The number of nitrogens with one attached hydrogen (secondary N) is 1. The summed E-state index contributed by atoms with van der Waals surface area (Å²) in [4.78, 5) is 0. The van der Waals surface area contributed by atoms with Crippen LogP contribution >= 0.6 is 15.9 Å². The first-order chi connectivity index (χ1) is 10.7. The Morgan fingerprint density at radius 1 is 1.09 bits per heavy atom. The van der Waals surface area contributed by atoms with Gasteiger partial charge in [-0.2, -0.15) is 0 Å². The van der Waals surface area contributed by atoms with Crippen molar-refractivity contribution in [1.29, 1.82) is 0 Å². The maximum absolute atomic E-state index is 5.79. The molecule has 0 aromatic heterocycles. The van der Waals surface area contributed by atoms with Gasteiger partial charge in [-0.25, -0.2) is 0 Å². The molecule has 1 aromatic rings.